The van der Waals surface area contributed by atoms with Crippen molar-refractivity contribution in [2.45, 2.75) is 55.3 Å². The third-order valence-corrected chi connectivity index (χ3v) is 7.58. The van der Waals surface area contributed by atoms with Gasteiger partial charge in [0, 0.05) is 12.8 Å². The van der Waals surface area contributed by atoms with Crippen LogP contribution < -0.4 is 15.4 Å². The van der Waals surface area contributed by atoms with E-state index in [0.717, 1.165) is 13.0 Å². The molecule has 35 heavy (non-hydrogen) atoms. The van der Waals surface area contributed by atoms with Crippen molar-refractivity contribution in [1.82, 2.24) is 15.4 Å². The second-order valence-corrected chi connectivity index (χ2v) is 11.2. The predicted molar refractivity (Wildman–Crippen MR) is 111 cm³/mol. The Labute approximate surface area is 204 Å². The van der Waals surface area contributed by atoms with E-state index in [4.69, 9.17) is 16.7 Å². The first-order valence-electron chi connectivity index (χ1n) is 9.47. The first kappa shape index (κ1) is 30.9. The number of nitrogens with one attached hydrogen (secondary N) is 3. The number of rotatable bonds is 8. The molecule has 9 nitrogen and oxygen atoms in total. The summed E-state index contributed by atoms with van der Waals surface area (Å²) < 4.78 is 98.2. The third kappa shape index (κ3) is 10.6. The van der Waals surface area contributed by atoms with Crippen molar-refractivity contribution in [2.75, 3.05) is 0 Å². The zero-order valence-corrected chi connectivity index (χ0v) is 20.2. The minimum Gasteiger partial charge on any atom is -0.480 e. The monoisotopic (exact) mass is 575 g/mol. The Morgan fingerprint density at radius 2 is 1.69 bits per heavy atom. The number of hydrogen-bond acceptors (Lipinski definition) is 6. The van der Waals surface area contributed by atoms with Gasteiger partial charge in [0.2, 0.25) is 0 Å². The first-order valence-corrected chi connectivity index (χ1v) is 12.1. The number of halogens is 7. The van der Waals surface area contributed by atoms with Gasteiger partial charge in [-0.05, 0) is 24.0 Å². The van der Waals surface area contributed by atoms with E-state index in [0.29, 0.717) is 11.3 Å². The van der Waals surface area contributed by atoms with Crippen LogP contribution in [0.4, 0.5) is 31.1 Å². The molecule has 200 valence electrons. The highest BCUT2D eigenvalue weighted by Gasteiger charge is 2.40. The van der Waals surface area contributed by atoms with Gasteiger partial charge in [-0.3, -0.25) is 14.9 Å². The van der Waals surface area contributed by atoms with Crippen molar-refractivity contribution >= 4 is 50.9 Å². The molecular weight excluding hydrogens is 556 g/mol. The van der Waals surface area contributed by atoms with Crippen molar-refractivity contribution in [3.05, 3.63) is 16.5 Å². The van der Waals surface area contributed by atoms with Gasteiger partial charge in [0.15, 0.2) is 0 Å². The van der Waals surface area contributed by atoms with E-state index < -0.39 is 77.0 Å². The van der Waals surface area contributed by atoms with E-state index in [2.05, 4.69) is 5.32 Å². The quantitative estimate of drug-likeness (QED) is 0.276. The number of imide groups is 1. The summed E-state index contributed by atoms with van der Waals surface area (Å²) in [6.07, 6.45) is -11.4. The van der Waals surface area contributed by atoms with Crippen molar-refractivity contribution in [3.8, 4) is 0 Å². The van der Waals surface area contributed by atoms with Crippen LogP contribution in [-0.4, -0.2) is 55.9 Å². The first-order chi connectivity index (χ1) is 15.7. The highest BCUT2D eigenvalue weighted by Crippen LogP contribution is 2.29. The zero-order valence-electron chi connectivity index (χ0n) is 17.8. The van der Waals surface area contributed by atoms with Gasteiger partial charge in [-0.2, -0.15) is 31.1 Å². The number of sulfonamides is 1. The van der Waals surface area contributed by atoms with E-state index in [1.807, 2.05) is 5.32 Å². The molecule has 2 rings (SSSR count). The maximum atomic E-state index is 12.3. The Kier molecular flexibility index (Phi) is 10.4. The summed E-state index contributed by atoms with van der Waals surface area (Å²) in [4.78, 5) is 32.6. The van der Waals surface area contributed by atoms with E-state index in [-0.39, 0.29) is 8.55 Å². The Balaban J connectivity index is 0.000000379. The predicted octanol–water partition coefficient (Wildman–Crippen LogP) is 3.50. The lowest BCUT2D eigenvalue weighted by Crippen LogP contribution is -2.45. The minimum atomic E-state index is -4.59. The number of urea groups is 1. The molecule has 3 amide bonds. The van der Waals surface area contributed by atoms with Crippen LogP contribution in [0.2, 0.25) is 4.34 Å². The molecule has 0 bridgehead atoms. The number of carboxylic acids is 1. The summed E-state index contributed by atoms with van der Waals surface area (Å²) in [6, 6.07) is -1.28. The van der Waals surface area contributed by atoms with Crippen LogP contribution in [0.5, 0.6) is 0 Å². The lowest BCUT2D eigenvalue weighted by molar-refractivity contribution is -0.152. The molecule has 0 aromatic carbocycles. The van der Waals surface area contributed by atoms with E-state index in [1.165, 1.54) is 13.0 Å². The topological polar surface area (TPSA) is 142 Å². The molecule has 2 unspecified atom stereocenters. The summed E-state index contributed by atoms with van der Waals surface area (Å²) in [5.41, 5.74) is 0. The maximum Gasteiger partial charge on any atom is 0.389 e. The number of alkyl halides is 6. The number of thiophene rings is 1. The van der Waals surface area contributed by atoms with Gasteiger partial charge in [0.05, 0.1) is 4.34 Å². The highest BCUT2D eigenvalue weighted by atomic mass is 35.5. The van der Waals surface area contributed by atoms with Gasteiger partial charge in [-0.1, -0.05) is 25.4 Å². The standard InChI is InChI=1S/C10H11ClF3NO4S2.C7H9F3N2O2/c1-5(4-10(12,13)14)8(9(16)17)15-21(18,19)7-3-2-6(11)20-7;1-3(2-7(8,9)10)4-5(13)12-6(14)11-4/h2-3,5,8,15H,4H2,1H3,(H,16,17);3-4H,2H2,1H3,(H2,11,12,13,14)/t5-,8-;/m0./s1. The van der Waals surface area contributed by atoms with Crippen LogP contribution in [0.15, 0.2) is 16.3 Å². The Hall–Kier alpha value is -2.11. The number of aliphatic carboxylic acids is 1. The van der Waals surface area contributed by atoms with Gasteiger partial charge in [-0.15, -0.1) is 11.3 Å². The van der Waals surface area contributed by atoms with Crippen molar-refractivity contribution in [3.63, 3.8) is 0 Å². The van der Waals surface area contributed by atoms with Gasteiger partial charge >= 0.3 is 24.4 Å². The largest absolute Gasteiger partial charge is 0.480 e. The molecule has 0 aliphatic carbocycles. The molecule has 0 spiro atoms. The van der Waals surface area contributed by atoms with Gasteiger partial charge in [0.25, 0.3) is 15.9 Å². The van der Waals surface area contributed by atoms with Crippen LogP contribution in [0.1, 0.15) is 26.7 Å². The second kappa shape index (κ2) is 11.7. The SMILES string of the molecule is CC(CC(F)(F)F)C1NC(=O)NC1=O.C[C@@H](CC(F)(F)F)[C@H](NS(=O)(=O)c1ccc(Cl)s1)C(=O)O. The van der Waals surface area contributed by atoms with Gasteiger partial charge < -0.3 is 10.4 Å². The van der Waals surface area contributed by atoms with Gasteiger partial charge in [-0.25, -0.2) is 13.2 Å². The second-order valence-electron chi connectivity index (χ2n) is 7.53. The molecule has 2 heterocycles. The third-order valence-electron chi connectivity index (χ3n) is 4.41. The minimum absolute atomic E-state index is 0.158. The van der Waals surface area contributed by atoms with Crippen LogP contribution in [-0.2, 0) is 19.6 Å². The molecule has 4 atom stereocenters. The number of amides is 3. The summed E-state index contributed by atoms with van der Waals surface area (Å²) in [5.74, 6) is -4.81. The molecule has 1 aliphatic rings. The molecule has 1 fully saturated rings. The molecule has 0 saturated carbocycles. The fraction of sp³-hybridized carbons (Fsp3) is 0.588. The van der Waals surface area contributed by atoms with Gasteiger partial charge in [0.1, 0.15) is 16.3 Å². The van der Waals surface area contributed by atoms with Crippen molar-refractivity contribution in [2.24, 2.45) is 11.8 Å². The smallest absolute Gasteiger partial charge is 0.389 e. The van der Waals surface area contributed by atoms with Crippen molar-refractivity contribution in [1.29, 1.82) is 0 Å². The normalized spacial score (nSPS) is 19.2. The number of carbonyl (C=O) groups is 3. The molecule has 1 saturated heterocycles. The summed E-state index contributed by atoms with van der Waals surface area (Å²) >= 11 is 6.25. The molecule has 1 aliphatic heterocycles. The molecule has 1 aromatic heterocycles. The molecular formula is C17H20ClF6N3O6S2. The van der Waals surface area contributed by atoms with Crippen LogP contribution in [0, 0.1) is 11.8 Å². The highest BCUT2D eigenvalue weighted by molar-refractivity contribution is 7.91. The Bertz CT molecular complexity index is 1030. The Morgan fingerprint density at radius 3 is 2.06 bits per heavy atom. The lowest BCUT2D eigenvalue weighted by Gasteiger charge is -2.22. The molecule has 1 aromatic rings. The van der Waals surface area contributed by atoms with E-state index in [9.17, 15) is 49.1 Å². The fourth-order valence-electron chi connectivity index (χ4n) is 2.88. The number of carboxylic acid groups (broad SMARTS) is 1. The van der Waals surface area contributed by atoms with Crippen LogP contribution >= 0.6 is 22.9 Å². The van der Waals surface area contributed by atoms with E-state index in [1.54, 1.807) is 4.72 Å². The number of carbonyl (C=O) groups excluding carboxylic acids is 2. The molecule has 4 N–H and O–H groups in total. The van der Waals surface area contributed by atoms with Crippen LogP contribution in [0.3, 0.4) is 0 Å². The fourth-order valence-corrected chi connectivity index (χ4v) is 5.67. The molecule has 0 radical (unpaired) electrons. The average Bonchev–Trinajstić information content (AvgIpc) is 3.22. The summed E-state index contributed by atoms with van der Waals surface area (Å²) in [7, 11) is -4.25. The van der Waals surface area contributed by atoms with E-state index >= 15 is 0 Å². The Morgan fingerprint density at radius 1 is 1.14 bits per heavy atom. The summed E-state index contributed by atoms with van der Waals surface area (Å²) in [5, 5.41) is 12.9. The average molecular weight is 576 g/mol. The zero-order chi connectivity index (χ0) is 27.4. The van der Waals surface area contributed by atoms with Crippen LogP contribution in [0.25, 0.3) is 0 Å². The molecule has 18 heteroatoms. The number of hydrogen-bond donors (Lipinski definition) is 4. The van der Waals surface area contributed by atoms with Crippen molar-refractivity contribution < 1.29 is 54.3 Å². The summed E-state index contributed by atoms with van der Waals surface area (Å²) in [6.45, 7) is 2.28. The maximum absolute atomic E-state index is 12.3. The lowest BCUT2D eigenvalue weighted by atomic mass is 9.98.